The van der Waals surface area contributed by atoms with Crippen molar-refractivity contribution >= 4 is 23.6 Å². The molecule has 36 heavy (non-hydrogen) atoms. The first kappa shape index (κ1) is 27.9. The maximum Gasteiger partial charge on any atom is 0.258 e. The second kappa shape index (κ2) is 11.6. The van der Waals surface area contributed by atoms with Crippen molar-refractivity contribution in [2.75, 3.05) is 12.9 Å². The number of nitrogens with one attached hydrogen (secondary N) is 1. The van der Waals surface area contributed by atoms with E-state index in [0.717, 1.165) is 22.3 Å². The van der Waals surface area contributed by atoms with Crippen LogP contribution in [-0.4, -0.2) is 69.3 Å². The number of hydrogen-bond acceptors (Lipinski definition) is 8. The number of thioether (sulfide) groups is 1. The number of hydrogen-bond donors (Lipinski definition) is 5. The highest BCUT2D eigenvalue weighted by Crippen LogP contribution is 2.36. The van der Waals surface area contributed by atoms with Gasteiger partial charge in [0.2, 0.25) is 5.91 Å². The number of ether oxygens (including phenoxy) is 2. The molecule has 1 aliphatic heterocycles. The summed E-state index contributed by atoms with van der Waals surface area (Å²) in [6.45, 7) is 4.78. The van der Waals surface area contributed by atoms with Crippen molar-refractivity contribution in [3.63, 3.8) is 0 Å². The zero-order valence-electron chi connectivity index (χ0n) is 20.8. The first-order chi connectivity index (χ1) is 16.9. The van der Waals surface area contributed by atoms with Crippen LogP contribution >= 0.6 is 11.8 Å². The molecule has 0 aliphatic carbocycles. The number of nitrogens with two attached hydrogens (primary N) is 1. The first-order valence-electron chi connectivity index (χ1n) is 11.6. The van der Waals surface area contributed by atoms with Crippen LogP contribution in [0.2, 0.25) is 0 Å². The van der Waals surface area contributed by atoms with E-state index in [2.05, 4.69) is 5.32 Å². The summed E-state index contributed by atoms with van der Waals surface area (Å²) in [6, 6.07) is 13.0. The smallest absolute Gasteiger partial charge is 0.258 e. The molecule has 0 unspecified atom stereocenters. The zero-order chi connectivity index (χ0) is 26.6. The van der Waals surface area contributed by atoms with Gasteiger partial charge in [-0.15, -0.1) is 11.8 Å². The molecule has 1 heterocycles. The van der Waals surface area contributed by atoms with E-state index in [0.29, 0.717) is 12.2 Å². The Morgan fingerprint density at radius 2 is 1.75 bits per heavy atom. The summed E-state index contributed by atoms with van der Waals surface area (Å²) >= 11 is 1.28. The highest BCUT2D eigenvalue weighted by atomic mass is 32.2. The number of aryl methyl sites for hydroxylation is 1. The standard InChI is InChI=1S/C26H34N2O7S/c1-14-5-8-16(23-21(31)20(30)22(32)24(35-23)36-4)12-17(14)11-15-6-9-18(10-7-15)34-13-19(29)28-26(2,3)25(27)33/h5-10,12,20-24,30-32H,11,13H2,1-4H3,(H2,27,33)(H,28,29)/t20-,21-,22+,23+,24-/m1/s1. The molecule has 2 aromatic carbocycles. The van der Waals surface area contributed by atoms with E-state index in [1.807, 2.05) is 37.3 Å². The molecule has 2 amide bonds. The lowest BCUT2D eigenvalue weighted by atomic mass is 9.91. The number of amides is 2. The molecule has 0 radical (unpaired) electrons. The van der Waals surface area contributed by atoms with E-state index < -0.39 is 47.2 Å². The summed E-state index contributed by atoms with van der Waals surface area (Å²) in [5, 5.41) is 33.4. The molecule has 2 aromatic rings. The molecule has 9 nitrogen and oxygen atoms in total. The van der Waals surface area contributed by atoms with Crippen molar-refractivity contribution in [2.24, 2.45) is 5.73 Å². The van der Waals surface area contributed by atoms with Crippen LogP contribution in [0.5, 0.6) is 5.75 Å². The van der Waals surface area contributed by atoms with Crippen LogP contribution < -0.4 is 15.8 Å². The predicted molar refractivity (Wildman–Crippen MR) is 136 cm³/mol. The number of benzene rings is 2. The Morgan fingerprint density at radius 3 is 2.36 bits per heavy atom. The van der Waals surface area contributed by atoms with Crippen LogP contribution in [0.25, 0.3) is 0 Å². The molecular formula is C26H34N2O7S. The fourth-order valence-electron chi connectivity index (χ4n) is 3.90. The molecule has 6 N–H and O–H groups in total. The van der Waals surface area contributed by atoms with Gasteiger partial charge in [0.05, 0.1) is 0 Å². The van der Waals surface area contributed by atoms with Crippen molar-refractivity contribution in [3.8, 4) is 5.75 Å². The largest absolute Gasteiger partial charge is 0.484 e. The number of rotatable bonds is 9. The summed E-state index contributed by atoms with van der Waals surface area (Å²) < 4.78 is 11.4. The molecule has 0 spiro atoms. The lowest BCUT2D eigenvalue weighted by Gasteiger charge is -2.40. The van der Waals surface area contributed by atoms with Crippen LogP contribution in [-0.2, 0) is 20.7 Å². The van der Waals surface area contributed by atoms with Crippen LogP contribution in [0.1, 0.15) is 42.2 Å². The van der Waals surface area contributed by atoms with Crippen molar-refractivity contribution in [1.29, 1.82) is 0 Å². The molecule has 1 aliphatic rings. The third kappa shape index (κ3) is 6.57. The van der Waals surface area contributed by atoms with Crippen LogP contribution in [0.3, 0.4) is 0 Å². The number of aliphatic hydroxyl groups is 3. The Balaban J connectivity index is 1.66. The summed E-state index contributed by atoms with van der Waals surface area (Å²) in [5.41, 5.74) is 7.26. The van der Waals surface area contributed by atoms with Crippen molar-refractivity contribution < 1.29 is 34.4 Å². The van der Waals surface area contributed by atoms with Crippen LogP contribution in [0, 0.1) is 6.92 Å². The average molecular weight is 519 g/mol. The molecule has 1 saturated heterocycles. The highest BCUT2D eigenvalue weighted by molar-refractivity contribution is 7.99. The number of carbonyl (C=O) groups is 2. The molecule has 0 bridgehead atoms. The van der Waals surface area contributed by atoms with E-state index >= 15 is 0 Å². The third-order valence-electron chi connectivity index (χ3n) is 6.26. The SMILES string of the molecule is CS[C@H]1O[C@@H](c2ccc(C)c(Cc3ccc(OCC(=O)NC(C)(C)C(N)=O)cc3)c2)[C@H](O)[C@@H](O)[C@@H]1O. The monoisotopic (exact) mass is 518 g/mol. The molecular weight excluding hydrogens is 484 g/mol. The Bertz CT molecular complexity index is 1070. The van der Waals surface area contributed by atoms with Gasteiger partial charge < -0.3 is 35.8 Å². The first-order valence-corrected chi connectivity index (χ1v) is 12.9. The quantitative estimate of drug-likeness (QED) is 0.332. The molecule has 196 valence electrons. The van der Waals surface area contributed by atoms with Gasteiger partial charge in [0, 0.05) is 0 Å². The molecule has 10 heteroatoms. The van der Waals surface area contributed by atoms with Gasteiger partial charge in [-0.3, -0.25) is 9.59 Å². The molecule has 0 saturated carbocycles. The van der Waals surface area contributed by atoms with Crippen LogP contribution in [0.4, 0.5) is 0 Å². The summed E-state index contributed by atoms with van der Waals surface area (Å²) in [6.07, 6.45) is -2.10. The topological polar surface area (TPSA) is 151 Å². The lowest BCUT2D eigenvalue weighted by Crippen LogP contribution is -2.54. The summed E-state index contributed by atoms with van der Waals surface area (Å²) in [5.74, 6) is -0.587. The van der Waals surface area contributed by atoms with Gasteiger partial charge in [-0.25, -0.2) is 0 Å². The maximum atomic E-state index is 12.0. The summed E-state index contributed by atoms with van der Waals surface area (Å²) in [4.78, 5) is 23.4. The van der Waals surface area contributed by atoms with Crippen molar-refractivity contribution in [1.82, 2.24) is 5.32 Å². The van der Waals surface area contributed by atoms with Crippen molar-refractivity contribution in [2.45, 2.75) is 62.6 Å². The fraction of sp³-hybridized carbons (Fsp3) is 0.462. The Morgan fingerprint density at radius 1 is 1.08 bits per heavy atom. The minimum Gasteiger partial charge on any atom is -0.484 e. The van der Waals surface area contributed by atoms with Gasteiger partial charge in [-0.1, -0.05) is 30.3 Å². The fourth-order valence-corrected chi connectivity index (χ4v) is 4.57. The van der Waals surface area contributed by atoms with Gasteiger partial charge >= 0.3 is 0 Å². The van der Waals surface area contributed by atoms with Gasteiger partial charge in [-0.05, 0) is 67.8 Å². The molecule has 3 rings (SSSR count). The second-order valence-corrected chi connectivity index (χ2v) is 10.4. The highest BCUT2D eigenvalue weighted by Gasteiger charge is 2.44. The lowest BCUT2D eigenvalue weighted by molar-refractivity contribution is -0.200. The molecule has 0 aromatic heterocycles. The van der Waals surface area contributed by atoms with E-state index in [1.165, 1.54) is 25.6 Å². The summed E-state index contributed by atoms with van der Waals surface area (Å²) in [7, 11) is 0. The zero-order valence-corrected chi connectivity index (χ0v) is 21.6. The minimum absolute atomic E-state index is 0.251. The number of carbonyl (C=O) groups excluding carboxylic acids is 2. The van der Waals surface area contributed by atoms with E-state index in [-0.39, 0.29) is 6.61 Å². The van der Waals surface area contributed by atoms with Crippen LogP contribution in [0.15, 0.2) is 42.5 Å². The Hall–Kier alpha value is -2.63. The predicted octanol–water partition coefficient (Wildman–Crippen LogP) is 1.19. The number of primary amides is 1. The van der Waals surface area contributed by atoms with Gasteiger partial charge in [0.15, 0.2) is 6.61 Å². The average Bonchev–Trinajstić information content (AvgIpc) is 2.83. The van der Waals surface area contributed by atoms with Crippen molar-refractivity contribution in [3.05, 3.63) is 64.7 Å². The van der Waals surface area contributed by atoms with E-state index in [4.69, 9.17) is 15.2 Å². The molecule has 5 atom stereocenters. The maximum absolute atomic E-state index is 12.0. The number of aliphatic hydroxyl groups excluding tert-OH is 3. The molecule has 1 fully saturated rings. The third-order valence-corrected chi connectivity index (χ3v) is 7.11. The second-order valence-electron chi connectivity index (χ2n) is 9.47. The van der Waals surface area contributed by atoms with Gasteiger partial charge in [0.25, 0.3) is 5.91 Å². The Labute approximate surface area is 215 Å². The normalized spacial score (nSPS) is 24.2. The van der Waals surface area contributed by atoms with E-state index in [9.17, 15) is 24.9 Å². The van der Waals surface area contributed by atoms with Gasteiger partial charge in [-0.2, -0.15) is 0 Å². The Kier molecular flexibility index (Phi) is 9.02. The van der Waals surface area contributed by atoms with E-state index in [1.54, 1.807) is 18.4 Å². The van der Waals surface area contributed by atoms with Gasteiger partial charge in [0.1, 0.15) is 41.1 Å². The minimum atomic E-state index is -1.30.